The van der Waals surface area contributed by atoms with E-state index in [2.05, 4.69) is 10.3 Å². The number of carbonyl (C=O) groups excluding carboxylic acids is 1. The maximum absolute atomic E-state index is 11.7. The summed E-state index contributed by atoms with van der Waals surface area (Å²) in [7, 11) is 1.67. The number of hydrogen-bond donors (Lipinski definition) is 1. The van der Waals surface area contributed by atoms with Crippen LogP contribution in [0.2, 0.25) is 0 Å². The summed E-state index contributed by atoms with van der Waals surface area (Å²) in [4.78, 5) is 27.4. The molecule has 1 unspecified atom stereocenters. The largest absolute Gasteiger partial charge is 0.353 e. The number of likely N-dealkylation sites (N-methyl/N-ethyl adjacent to an activating group) is 1. The average molecular weight is 261 g/mol. The number of carbonyl (C=O) groups is 1. The molecule has 1 aliphatic heterocycles. The van der Waals surface area contributed by atoms with Crippen LogP contribution in [0.1, 0.15) is 12.0 Å². The lowest BCUT2D eigenvalue weighted by Crippen LogP contribution is -2.31. The summed E-state index contributed by atoms with van der Waals surface area (Å²) >= 11 is 0. The molecule has 1 atom stereocenters. The van der Waals surface area contributed by atoms with Gasteiger partial charge in [0.25, 0.3) is 0 Å². The second-order valence-electron chi connectivity index (χ2n) is 4.21. The van der Waals surface area contributed by atoms with Crippen molar-refractivity contribution in [3.05, 3.63) is 27.9 Å². The van der Waals surface area contributed by atoms with Gasteiger partial charge in [0.1, 0.15) is 12.1 Å². The average Bonchev–Trinajstić information content (AvgIpc) is 2.71. The first kappa shape index (κ1) is 12.8. The summed E-state index contributed by atoms with van der Waals surface area (Å²) < 4.78 is 0. The Labute approximate surface area is 108 Å². The molecule has 1 amide bonds. The predicted molar refractivity (Wildman–Crippen MR) is 65.3 cm³/mol. The van der Waals surface area contributed by atoms with Gasteiger partial charge in [-0.2, -0.15) is 5.26 Å². The van der Waals surface area contributed by atoms with Gasteiger partial charge in [-0.15, -0.1) is 0 Å². The van der Waals surface area contributed by atoms with Gasteiger partial charge in [-0.1, -0.05) is 0 Å². The minimum atomic E-state index is -0.626. The van der Waals surface area contributed by atoms with Crippen LogP contribution in [0.4, 0.5) is 11.5 Å². The van der Waals surface area contributed by atoms with Crippen LogP contribution in [-0.4, -0.2) is 40.3 Å². The fraction of sp³-hybridized carbons (Fsp3) is 0.364. The number of nitriles is 1. The zero-order chi connectivity index (χ0) is 14.0. The number of nitrogens with zero attached hydrogens (tertiary/aromatic N) is 4. The number of amides is 1. The first-order chi connectivity index (χ1) is 9.02. The quantitative estimate of drug-likeness (QED) is 0.626. The maximum atomic E-state index is 11.7. The molecular formula is C11H11N5O3. The van der Waals surface area contributed by atoms with Crippen LogP contribution >= 0.6 is 0 Å². The molecule has 1 aliphatic rings. The summed E-state index contributed by atoms with van der Waals surface area (Å²) in [6.45, 7) is 0.598. The van der Waals surface area contributed by atoms with E-state index in [1.807, 2.05) is 0 Å². The molecule has 1 fully saturated rings. The molecule has 1 aromatic rings. The fourth-order valence-electron chi connectivity index (χ4n) is 1.89. The van der Waals surface area contributed by atoms with Gasteiger partial charge in [-0.25, -0.2) is 4.98 Å². The number of likely N-dealkylation sites (tertiary alicyclic amines) is 1. The smallest absolute Gasteiger partial charge is 0.312 e. The number of nitro groups is 1. The minimum absolute atomic E-state index is 0.0117. The summed E-state index contributed by atoms with van der Waals surface area (Å²) in [5.41, 5.74) is -0.200. The second kappa shape index (κ2) is 4.89. The predicted octanol–water partition coefficient (Wildman–Crippen LogP) is 0.504. The highest BCUT2D eigenvalue weighted by molar-refractivity contribution is 5.86. The van der Waals surface area contributed by atoms with E-state index in [1.54, 1.807) is 18.0 Å². The molecule has 8 nitrogen and oxygen atoms in total. The van der Waals surface area contributed by atoms with Gasteiger partial charge < -0.3 is 10.2 Å². The van der Waals surface area contributed by atoms with Crippen molar-refractivity contribution in [2.24, 2.45) is 0 Å². The molecule has 0 aromatic carbocycles. The molecule has 8 heteroatoms. The Morgan fingerprint density at radius 2 is 2.42 bits per heavy atom. The van der Waals surface area contributed by atoms with Gasteiger partial charge in [-0.05, 0) is 6.42 Å². The van der Waals surface area contributed by atoms with Crippen molar-refractivity contribution < 1.29 is 9.72 Å². The van der Waals surface area contributed by atoms with E-state index in [-0.39, 0.29) is 23.0 Å². The molecule has 19 heavy (non-hydrogen) atoms. The third-order valence-electron chi connectivity index (χ3n) is 2.93. The van der Waals surface area contributed by atoms with E-state index in [1.165, 1.54) is 6.20 Å². The normalized spacial score (nSPS) is 18.2. The standard InChI is InChI=1S/C11H11N5O3/c1-15-3-2-8(11(15)17)14-10-9(16(18)19)4-7(5-12)6-13-10/h4,6,8H,2-3H2,1H3,(H,13,14). The van der Waals surface area contributed by atoms with Gasteiger partial charge in [0, 0.05) is 25.9 Å². The van der Waals surface area contributed by atoms with E-state index in [4.69, 9.17) is 5.26 Å². The highest BCUT2D eigenvalue weighted by atomic mass is 16.6. The van der Waals surface area contributed by atoms with Gasteiger partial charge in [0.05, 0.1) is 10.5 Å². The Hall–Kier alpha value is -2.69. The Kier molecular flexibility index (Phi) is 3.29. The van der Waals surface area contributed by atoms with Crippen molar-refractivity contribution in [2.75, 3.05) is 18.9 Å². The van der Waals surface area contributed by atoms with Crippen LogP contribution < -0.4 is 5.32 Å². The molecule has 1 saturated heterocycles. The van der Waals surface area contributed by atoms with Crippen molar-refractivity contribution >= 4 is 17.4 Å². The zero-order valence-electron chi connectivity index (χ0n) is 10.2. The number of nitrogens with one attached hydrogen (secondary N) is 1. The lowest BCUT2D eigenvalue weighted by atomic mass is 10.2. The van der Waals surface area contributed by atoms with Gasteiger partial charge in [0.15, 0.2) is 0 Å². The molecule has 2 rings (SSSR count). The van der Waals surface area contributed by atoms with E-state index in [0.29, 0.717) is 13.0 Å². The molecule has 1 aromatic heterocycles. The van der Waals surface area contributed by atoms with Crippen molar-refractivity contribution in [1.82, 2.24) is 9.88 Å². The van der Waals surface area contributed by atoms with Crippen LogP contribution in [0.5, 0.6) is 0 Å². The van der Waals surface area contributed by atoms with Crippen LogP contribution in [-0.2, 0) is 4.79 Å². The summed E-state index contributed by atoms with van der Waals surface area (Å²) in [6, 6.07) is 2.42. The third-order valence-corrected chi connectivity index (χ3v) is 2.93. The minimum Gasteiger partial charge on any atom is -0.353 e. The van der Waals surface area contributed by atoms with Gasteiger partial charge in [0.2, 0.25) is 11.7 Å². The Morgan fingerprint density at radius 1 is 1.68 bits per heavy atom. The van der Waals surface area contributed by atoms with Crippen molar-refractivity contribution in [2.45, 2.75) is 12.5 Å². The first-order valence-corrected chi connectivity index (χ1v) is 5.59. The van der Waals surface area contributed by atoms with Gasteiger partial charge >= 0.3 is 5.69 Å². The summed E-state index contributed by atoms with van der Waals surface area (Å²) in [6.07, 6.45) is 1.80. The fourth-order valence-corrected chi connectivity index (χ4v) is 1.89. The molecule has 0 aliphatic carbocycles. The lowest BCUT2D eigenvalue weighted by Gasteiger charge is -2.12. The van der Waals surface area contributed by atoms with Crippen LogP contribution in [0.25, 0.3) is 0 Å². The molecule has 0 spiro atoms. The third kappa shape index (κ3) is 2.44. The lowest BCUT2D eigenvalue weighted by molar-refractivity contribution is -0.384. The van der Waals surface area contributed by atoms with Crippen molar-refractivity contribution in [3.8, 4) is 6.07 Å². The first-order valence-electron chi connectivity index (χ1n) is 5.59. The molecule has 98 valence electrons. The van der Waals surface area contributed by atoms with Crippen molar-refractivity contribution in [3.63, 3.8) is 0 Å². The SMILES string of the molecule is CN1CCC(Nc2ncc(C#N)cc2[N+](=O)[O-])C1=O. The monoisotopic (exact) mass is 261 g/mol. The van der Waals surface area contributed by atoms with E-state index in [9.17, 15) is 14.9 Å². The molecule has 0 radical (unpaired) electrons. The number of aromatic nitrogens is 1. The summed E-state index contributed by atoms with van der Waals surface area (Å²) in [5, 5.41) is 22.4. The highest BCUT2D eigenvalue weighted by Gasteiger charge is 2.31. The number of rotatable bonds is 3. The molecule has 2 heterocycles. The summed E-state index contributed by atoms with van der Waals surface area (Å²) in [5.74, 6) is -0.113. The molecule has 0 bridgehead atoms. The van der Waals surface area contributed by atoms with Crippen LogP contribution in [0.3, 0.4) is 0 Å². The van der Waals surface area contributed by atoms with Gasteiger partial charge in [-0.3, -0.25) is 14.9 Å². The Morgan fingerprint density at radius 3 is 2.95 bits per heavy atom. The van der Waals surface area contributed by atoms with E-state index < -0.39 is 11.0 Å². The number of pyridine rings is 1. The van der Waals surface area contributed by atoms with Crippen molar-refractivity contribution in [1.29, 1.82) is 5.26 Å². The number of anilines is 1. The van der Waals surface area contributed by atoms with E-state index >= 15 is 0 Å². The molecule has 0 saturated carbocycles. The highest BCUT2D eigenvalue weighted by Crippen LogP contribution is 2.25. The van der Waals surface area contributed by atoms with Crippen LogP contribution in [0, 0.1) is 21.4 Å². The zero-order valence-corrected chi connectivity index (χ0v) is 10.2. The molecule has 1 N–H and O–H groups in total. The Balaban J connectivity index is 2.28. The van der Waals surface area contributed by atoms with E-state index in [0.717, 1.165) is 6.07 Å². The number of hydrogen-bond acceptors (Lipinski definition) is 6. The topological polar surface area (TPSA) is 112 Å². The molecular weight excluding hydrogens is 250 g/mol. The second-order valence-corrected chi connectivity index (χ2v) is 4.21. The van der Waals surface area contributed by atoms with Crippen LogP contribution in [0.15, 0.2) is 12.3 Å². The Bertz CT molecular complexity index is 580. The maximum Gasteiger partial charge on any atom is 0.312 e.